The Kier molecular flexibility index (Phi) is 6.20. The third-order valence-electron chi connectivity index (χ3n) is 5.49. The van der Waals surface area contributed by atoms with Crippen LogP contribution in [-0.2, 0) is 26.1 Å². The van der Waals surface area contributed by atoms with Crippen molar-refractivity contribution >= 4 is 0 Å². The summed E-state index contributed by atoms with van der Waals surface area (Å²) in [6.45, 7) is 2.57. The van der Waals surface area contributed by atoms with Gasteiger partial charge in [-0.1, -0.05) is 24.3 Å². The summed E-state index contributed by atoms with van der Waals surface area (Å²) in [5.41, 5.74) is 4.51. The van der Waals surface area contributed by atoms with Crippen LogP contribution in [0.3, 0.4) is 0 Å². The molecule has 0 aliphatic heterocycles. The summed E-state index contributed by atoms with van der Waals surface area (Å²) in [4.78, 5) is 0. The van der Waals surface area contributed by atoms with Crippen molar-refractivity contribution in [2.24, 2.45) is 0 Å². The molecular formula is C24H26O6. The maximum atomic E-state index is 10.3. The highest BCUT2D eigenvalue weighted by Crippen LogP contribution is 2.36. The fourth-order valence-corrected chi connectivity index (χ4v) is 3.61. The molecule has 30 heavy (non-hydrogen) atoms. The summed E-state index contributed by atoms with van der Waals surface area (Å²) in [6, 6.07) is 10.8. The van der Waals surface area contributed by atoms with E-state index in [1.165, 1.54) is 0 Å². The Hall–Kier alpha value is -3.22. The van der Waals surface area contributed by atoms with Crippen molar-refractivity contribution in [1.82, 2.24) is 0 Å². The lowest BCUT2D eigenvalue weighted by Gasteiger charge is -2.14. The molecule has 0 aromatic heterocycles. The van der Waals surface area contributed by atoms with E-state index in [0.29, 0.717) is 46.2 Å². The van der Waals surface area contributed by atoms with Crippen LogP contribution in [0.25, 0.3) is 0 Å². The highest BCUT2D eigenvalue weighted by molar-refractivity contribution is 5.55. The van der Waals surface area contributed by atoms with Crippen molar-refractivity contribution in [2.45, 2.75) is 39.9 Å². The standard InChI is InChI=1S/C24H26O6/c1-13-21(27)17(9-19(11-25)23(13)29)7-15-3-5-16(6-4-15)8-18-10-20(12-26)24(30)14(2)22(18)28/h3-6,9-10,25-30H,7-8,11-12H2,1-2H3. The van der Waals surface area contributed by atoms with Gasteiger partial charge in [-0.15, -0.1) is 0 Å². The zero-order chi connectivity index (χ0) is 22.0. The van der Waals surface area contributed by atoms with Gasteiger partial charge in [0.2, 0.25) is 0 Å². The topological polar surface area (TPSA) is 121 Å². The predicted octanol–water partition coefficient (Wildman–Crippen LogP) is 3.29. The SMILES string of the molecule is Cc1c(O)c(CO)cc(Cc2ccc(Cc3cc(CO)c(O)c(C)c3O)cc2)c1O. The van der Waals surface area contributed by atoms with Crippen LogP contribution in [0.2, 0.25) is 0 Å². The molecule has 6 N–H and O–H groups in total. The molecule has 0 fully saturated rings. The Morgan fingerprint density at radius 1 is 0.533 bits per heavy atom. The highest BCUT2D eigenvalue weighted by atomic mass is 16.3. The lowest BCUT2D eigenvalue weighted by Crippen LogP contribution is -1.97. The van der Waals surface area contributed by atoms with Gasteiger partial charge in [-0.2, -0.15) is 0 Å². The summed E-state index contributed by atoms with van der Waals surface area (Å²) in [7, 11) is 0. The number of phenolic OH excluding ortho intramolecular Hbond substituents is 2. The zero-order valence-electron chi connectivity index (χ0n) is 17.0. The Labute approximate surface area is 175 Å². The number of benzene rings is 3. The van der Waals surface area contributed by atoms with E-state index in [1.54, 1.807) is 26.0 Å². The fraction of sp³-hybridized carbons (Fsp3) is 0.250. The Balaban J connectivity index is 1.83. The molecule has 0 amide bonds. The largest absolute Gasteiger partial charge is 0.507 e. The average molecular weight is 410 g/mol. The first-order valence-corrected chi connectivity index (χ1v) is 9.62. The first kappa shape index (κ1) is 21.5. The quantitative estimate of drug-likeness (QED) is 0.371. The third-order valence-corrected chi connectivity index (χ3v) is 5.49. The molecule has 3 aromatic rings. The van der Waals surface area contributed by atoms with Gasteiger partial charge in [0, 0.05) is 35.1 Å². The van der Waals surface area contributed by atoms with Gasteiger partial charge in [-0.25, -0.2) is 0 Å². The van der Waals surface area contributed by atoms with E-state index in [9.17, 15) is 30.6 Å². The molecule has 0 atom stereocenters. The molecule has 3 rings (SSSR count). The minimum absolute atomic E-state index is 0.00907. The van der Waals surface area contributed by atoms with E-state index in [1.807, 2.05) is 24.3 Å². The van der Waals surface area contributed by atoms with Gasteiger partial charge in [-0.05, 0) is 48.2 Å². The normalized spacial score (nSPS) is 11.1. The van der Waals surface area contributed by atoms with Gasteiger partial charge < -0.3 is 30.6 Å². The van der Waals surface area contributed by atoms with E-state index in [-0.39, 0.29) is 36.2 Å². The maximum Gasteiger partial charge on any atom is 0.127 e. The number of phenols is 4. The molecule has 158 valence electrons. The highest BCUT2D eigenvalue weighted by Gasteiger charge is 2.15. The molecule has 6 nitrogen and oxygen atoms in total. The average Bonchev–Trinajstić information content (AvgIpc) is 2.75. The van der Waals surface area contributed by atoms with Crippen molar-refractivity contribution < 1.29 is 30.6 Å². The molecule has 0 aliphatic carbocycles. The molecule has 0 spiro atoms. The molecule has 0 aliphatic rings. The molecule has 0 saturated heterocycles. The maximum absolute atomic E-state index is 10.3. The van der Waals surface area contributed by atoms with E-state index in [4.69, 9.17) is 0 Å². The molecular weight excluding hydrogens is 384 g/mol. The van der Waals surface area contributed by atoms with Crippen LogP contribution >= 0.6 is 0 Å². The first-order valence-electron chi connectivity index (χ1n) is 9.62. The predicted molar refractivity (Wildman–Crippen MR) is 113 cm³/mol. The van der Waals surface area contributed by atoms with Gasteiger partial charge in [0.25, 0.3) is 0 Å². The van der Waals surface area contributed by atoms with Crippen LogP contribution in [0.4, 0.5) is 0 Å². The van der Waals surface area contributed by atoms with E-state index in [0.717, 1.165) is 11.1 Å². The summed E-state index contributed by atoms with van der Waals surface area (Å²) < 4.78 is 0. The number of aromatic hydroxyl groups is 4. The van der Waals surface area contributed by atoms with Crippen LogP contribution in [0, 0.1) is 13.8 Å². The number of hydrogen-bond donors (Lipinski definition) is 6. The van der Waals surface area contributed by atoms with E-state index >= 15 is 0 Å². The minimum atomic E-state index is -0.315. The van der Waals surface area contributed by atoms with E-state index in [2.05, 4.69) is 0 Å². The first-order chi connectivity index (χ1) is 14.3. The van der Waals surface area contributed by atoms with E-state index < -0.39 is 0 Å². The van der Waals surface area contributed by atoms with Gasteiger partial charge in [0.15, 0.2) is 0 Å². The molecule has 0 saturated carbocycles. The molecule has 6 heteroatoms. The number of rotatable bonds is 6. The van der Waals surface area contributed by atoms with Crippen molar-refractivity contribution in [3.63, 3.8) is 0 Å². The van der Waals surface area contributed by atoms with Crippen LogP contribution in [0.15, 0.2) is 36.4 Å². The minimum Gasteiger partial charge on any atom is -0.507 e. The van der Waals surface area contributed by atoms with Crippen LogP contribution in [-0.4, -0.2) is 30.6 Å². The second-order valence-electron chi connectivity index (χ2n) is 7.52. The summed E-state index contributed by atoms with van der Waals surface area (Å²) in [5.74, 6) is -0.176. The zero-order valence-corrected chi connectivity index (χ0v) is 17.0. The van der Waals surface area contributed by atoms with Gasteiger partial charge in [-0.3, -0.25) is 0 Å². The van der Waals surface area contributed by atoms with Crippen molar-refractivity contribution in [3.8, 4) is 23.0 Å². The number of aliphatic hydroxyl groups is 2. The van der Waals surface area contributed by atoms with Crippen LogP contribution < -0.4 is 0 Å². The monoisotopic (exact) mass is 410 g/mol. The van der Waals surface area contributed by atoms with Crippen LogP contribution in [0.5, 0.6) is 23.0 Å². The Morgan fingerprint density at radius 3 is 1.13 bits per heavy atom. The molecule has 0 radical (unpaired) electrons. The summed E-state index contributed by atoms with van der Waals surface area (Å²) >= 11 is 0. The van der Waals surface area contributed by atoms with Gasteiger partial charge >= 0.3 is 0 Å². The molecule has 0 heterocycles. The van der Waals surface area contributed by atoms with Gasteiger partial charge in [0.1, 0.15) is 23.0 Å². The molecule has 0 bridgehead atoms. The van der Waals surface area contributed by atoms with Gasteiger partial charge in [0.05, 0.1) is 13.2 Å². The molecule has 0 unspecified atom stereocenters. The smallest absolute Gasteiger partial charge is 0.127 e. The number of aliphatic hydroxyl groups excluding tert-OH is 2. The van der Waals surface area contributed by atoms with Crippen molar-refractivity contribution in [3.05, 3.63) is 80.9 Å². The summed E-state index contributed by atoms with van der Waals surface area (Å²) in [5, 5.41) is 59.4. The molecule has 3 aromatic carbocycles. The Morgan fingerprint density at radius 2 is 0.833 bits per heavy atom. The fourth-order valence-electron chi connectivity index (χ4n) is 3.61. The second-order valence-corrected chi connectivity index (χ2v) is 7.52. The Bertz CT molecular complexity index is 984. The lowest BCUT2D eigenvalue weighted by molar-refractivity contribution is 0.274. The van der Waals surface area contributed by atoms with Crippen LogP contribution in [0.1, 0.15) is 44.5 Å². The summed E-state index contributed by atoms with van der Waals surface area (Å²) in [6.07, 6.45) is 0.858. The lowest BCUT2D eigenvalue weighted by atomic mass is 9.95. The second kappa shape index (κ2) is 8.65. The number of hydrogen-bond acceptors (Lipinski definition) is 6. The third kappa shape index (κ3) is 4.06. The van der Waals surface area contributed by atoms with Crippen molar-refractivity contribution in [1.29, 1.82) is 0 Å². The van der Waals surface area contributed by atoms with Crippen molar-refractivity contribution in [2.75, 3.05) is 0 Å².